The van der Waals surface area contributed by atoms with Crippen LogP contribution in [0.4, 0.5) is 0 Å². The lowest BCUT2D eigenvalue weighted by atomic mass is 10.0. The third kappa shape index (κ3) is 4.48. The molecule has 3 heterocycles. The van der Waals surface area contributed by atoms with Crippen LogP contribution in [-0.2, 0) is 9.53 Å². The molecule has 3 fully saturated rings. The highest BCUT2D eigenvalue weighted by molar-refractivity contribution is 5.85. The number of carbonyl (C=O) groups excluding carboxylic acids is 1. The Morgan fingerprint density at radius 1 is 1.09 bits per heavy atom. The number of hydrogen-bond donors (Lipinski definition) is 1. The molecule has 3 aliphatic rings. The molecule has 0 aromatic carbocycles. The van der Waals surface area contributed by atoms with E-state index in [-0.39, 0.29) is 42.9 Å². The molecule has 3 saturated heterocycles. The Morgan fingerprint density at radius 3 is 2.32 bits per heavy atom. The van der Waals surface area contributed by atoms with Crippen LogP contribution in [0.15, 0.2) is 0 Å². The number of halogens is 2. The van der Waals surface area contributed by atoms with Crippen molar-refractivity contribution in [3.05, 3.63) is 0 Å². The Bertz CT molecular complexity index is 346. The lowest BCUT2D eigenvalue weighted by Gasteiger charge is -2.39. The van der Waals surface area contributed by atoms with Gasteiger partial charge in [-0.25, -0.2) is 0 Å². The van der Waals surface area contributed by atoms with Gasteiger partial charge in [0.15, 0.2) is 0 Å². The summed E-state index contributed by atoms with van der Waals surface area (Å²) in [4.78, 5) is 17.2. The molecule has 5 nitrogen and oxygen atoms in total. The van der Waals surface area contributed by atoms with Gasteiger partial charge in [0.1, 0.15) is 6.04 Å². The van der Waals surface area contributed by atoms with Crippen LogP contribution in [0.25, 0.3) is 0 Å². The summed E-state index contributed by atoms with van der Waals surface area (Å²) in [6, 6.07) is 0.557. The predicted molar refractivity (Wildman–Crippen MR) is 92.1 cm³/mol. The van der Waals surface area contributed by atoms with E-state index in [0.29, 0.717) is 12.6 Å². The van der Waals surface area contributed by atoms with Gasteiger partial charge in [0.05, 0.1) is 12.7 Å². The van der Waals surface area contributed by atoms with Crippen LogP contribution in [0.2, 0.25) is 0 Å². The number of nitrogens with zero attached hydrogens (tertiary/aromatic N) is 2. The van der Waals surface area contributed by atoms with Crippen LogP contribution >= 0.6 is 24.8 Å². The van der Waals surface area contributed by atoms with Crippen molar-refractivity contribution >= 4 is 30.7 Å². The number of nitrogens with one attached hydrogen (secondary N) is 1. The van der Waals surface area contributed by atoms with Crippen LogP contribution in [0.5, 0.6) is 0 Å². The molecule has 0 unspecified atom stereocenters. The zero-order chi connectivity index (χ0) is 13.9. The minimum Gasteiger partial charge on any atom is -0.375 e. The Kier molecular flexibility index (Phi) is 8.43. The van der Waals surface area contributed by atoms with Crippen molar-refractivity contribution in [2.45, 2.75) is 50.8 Å². The lowest BCUT2D eigenvalue weighted by Crippen LogP contribution is -2.58. The quantitative estimate of drug-likeness (QED) is 0.812. The van der Waals surface area contributed by atoms with Crippen molar-refractivity contribution in [3.63, 3.8) is 0 Å². The molecule has 1 amide bonds. The number of amides is 1. The minimum atomic E-state index is -0.146. The third-order valence-corrected chi connectivity index (χ3v) is 5.02. The van der Waals surface area contributed by atoms with Crippen molar-refractivity contribution < 1.29 is 9.53 Å². The van der Waals surface area contributed by atoms with Gasteiger partial charge in [-0.1, -0.05) is 0 Å². The molecular formula is C15H29Cl2N3O2. The van der Waals surface area contributed by atoms with Gasteiger partial charge in [-0.05, 0) is 45.7 Å². The average molecular weight is 354 g/mol. The summed E-state index contributed by atoms with van der Waals surface area (Å²) in [6.45, 7) is 7.82. The summed E-state index contributed by atoms with van der Waals surface area (Å²) >= 11 is 0. The number of morpholine rings is 1. The van der Waals surface area contributed by atoms with Crippen LogP contribution in [-0.4, -0.2) is 73.2 Å². The number of piperidine rings is 1. The Morgan fingerprint density at radius 2 is 1.73 bits per heavy atom. The highest BCUT2D eigenvalue weighted by Gasteiger charge is 2.34. The molecule has 3 rings (SSSR count). The van der Waals surface area contributed by atoms with Gasteiger partial charge in [0.25, 0.3) is 0 Å². The Hall–Kier alpha value is -0.0700. The van der Waals surface area contributed by atoms with Crippen molar-refractivity contribution in [2.24, 2.45) is 0 Å². The smallest absolute Gasteiger partial charge is 0.242 e. The largest absolute Gasteiger partial charge is 0.375 e. The molecule has 3 aliphatic heterocycles. The first-order valence-electron chi connectivity index (χ1n) is 8.13. The maximum Gasteiger partial charge on any atom is 0.242 e. The zero-order valence-electron chi connectivity index (χ0n) is 13.3. The van der Waals surface area contributed by atoms with Crippen LogP contribution in [0, 0.1) is 0 Å². The van der Waals surface area contributed by atoms with Crippen LogP contribution in [0.1, 0.15) is 32.6 Å². The molecule has 0 bridgehead atoms. The highest BCUT2D eigenvalue weighted by Crippen LogP contribution is 2.22. The zero-order valence-corrected chi connectivity index (χ0v) is 15.0. The van der Waals surface area contributed by atoms with Gasteiger partial charge >= 0.3 is 0 Å². The first kappa shape index (κ1) is 20.0. The van der Waals surface area contributed by atoms with E-state index in [9.17, 15) is 4.79 Å². The molecule has 130 valence electrons. The van der Waals surface area contributed by atoms with Crippen LogP contribution < -0.4 is 5.32 Å². The molecule has 0 spiro atoms. The van der Waals surface area contributed by atoms with Gasteiger partial charge in [-0.3, -0.25) is 4.79 Å². The monoisotopic (exact) mass is 353 g/mol. The Balaban J connectivity index is 0.00000121. The molecule has 2 atom stereocenters. The molecular weight excluding hydrogens is 325 g/mol. The molecule has 1 N–H and O–H groups in total. The summed E-state index contributed by atoms with van der Waals surface area (Å²) in [5.41, 5.74) is 0. The topological polar surface area (TPSA) is 44.8 Å². The second kappa shape index (κ2) is 9.28. The SMILES string of the molecule is C[C@H]1OCCN[C@@H]1C(=O)N1CCC(N2CCCC2)CC1.Cl.Cl. The first-order valence-corrected chi connectivity index (χ1v) is 8.13. The van der Waals surface area contributed by atoms with Crippen molar-refractivity contribution in [2.75, 3.05) is 39.3 Å². The fourth-order valence-electron chi connectivity index (χ4n) is 3.76. The number of ether oxygens (including phenoxy) is 1. The fraction of sp³-hybridized carbons (Fsp3) is 0.933. The molecule has 0 radical (unpaired) electrons. The summed E-state index contributed by atoms with van der Waals surface area (Å²) < 4.78 is 5.59. The van der Waals surface area contributed by atoms with E-state index in [4.69, 9.17) is 4.74 Å². The molecule has 7 heteroatoms. The minimum absolute atomic E-state index is 0. The summed E-state index contributed by atoms with van der Waals surface area (Å²) in [5.74, 6) is 0.233. The first-order chi connectivity index (χ1) is 9.75. The van der Waals surface area contributed by atoms with E-state index in [1.165, 1.54) is 25.9 Å². The normalized spacial score (nSPS) is 30.5. The van der Waals surface area contributed by atoms with E-state index < -0.39 is 0 Å². The number of rotatable bonds is 2. The third-order valence-electron chi connectivity index (χ3n) is 5.02. The van der Waals surface area contributed by atoms with Gasteiger partial charge in [-0.2, -0.15) is 0 Å². The second-order valence-electron chi connectivity index (χ2n) is 6.31. The highest BCUT2D eigenvalue weighted by atomic mass is 35.5. The van der Waals surface area contributed by atoms with Gasteiger partial charge in [0.2, 0.25) is 5.91 Å². The summed E-state index contributed by atoms with van der Waals surface area (Å²) in [7, 11) is 0. The number of carbonyl (C=O) groups is 1. The van der Waals surface area contributed by atoms with Crippen molar-refractivity contribution in [1.29, 1.82) is 0 Å². The summed E-state index contributed by atoms with van der Waals surface area (Å²) in [6.07, 6.45) is 4.95. The Labute approximate surface area is 145 Å². The van der Waals surface area contributed by atoms with Gasteiger partial charge in [0, 0.05) is 25.7 Å². The molecule has 0 saturated carbocycles. The molecule has 0 aromatic heterocycles. The summed E-state index contributed by atoms with van der Waals surface area (Å²) in [5, 5.41) is 3.31. The van der Waals surface area contributed by atoms with E-state index >= 15 is 0 Å². The van der Waals surface area contributed by atoms with Gasteiger partial charge in [-0.15, -0.1) is 24.8 Å². The molecule has 0 aromatic rings. The predicted octanol–water partition coefficient (Wildman–Crippen LogP) is 1.29. The van der Waals surface area contributed by atoms with E-state index in [2.05, 4.69) is 10.2 Å². The van der Waals surface area contributed by atoms with E-state index in [1.54, 1.807) is 0 Å². The lowest BCUT2D eigenvalue weighted by molar-refractivity contribution is -0.141. The number of likely N-dealkylation sites (tertiary alicyclic amines) is 2. The average Bonchev–Trinajstić information content (AvgIpc) is 3.01. The maximum atomic E-state index is 12.6. The maximum absolute atomic E-state index is 12.6. The van der Waals surface area contributed by atoms with E-state index in [1.807, 2.05) is 11.8 Å². The van der Waals surface area contributed by atoms with Crippen molar-refractivity contribution in [3.8, 4) is 0 Å². The van der Waals surface area contributed by atoms with Crippen molar-refractivity contribution in [1.82, 2.24) is 15.1 Å². The molecule has 22 heavy (non-hydrogen) atoms. The number of hydrogen-bond acceptors (Lipinski definition) is 4. The van der Waals surface area contributed by atoms with E-state index in [0.717, 1.165) is 32.5 Å². The second-order valence-corrected chi connectivity index (χ2v) is 6.31. The standard InChI is InChI=1S/C15H27N3O2.2ClH/c1-12-14(16-6-11-20-12)15(19)18-9-4-13(5-10-18)17-7-2-3-8-17;;/h12-14,16H,2-11H2,1H3;2*1H/t12-,14+;;/m1../s1. The van der Waals surface area contributed by atoms with Gasteiger partial charge < -0.3 is 19.9 Å². The molecule has 0 aliphatic carbocycles. The fourth-order valence-corrected chi connectivity index (χ4v) is 3.76. The van der Waals surface area contributed by atoms with Crippen LogP contribution in [0.3, 0.4) is 0 Å².